The number of fused-ring (bicyclic) bond motifs is 2. The number of ether oxygens (including phenoxy) is 3. The van der Waals surface area contributed by atoms with Crippen LogP contribution in [-0.2, 0) is 24.6 Å². The molecule has 2 heterocycles. The second-order valence-electron chi connectivity index (χ2n) is 9.26. The number of carbonyl (C=O) groups excluding carboxylic acids is 1. The van der Waals surface area contributed by atoms with Gasteiger partial charge in [0.2, 0.25) is 0 Å². The minimum Gasteiger partial charge on any atom is -0.456 e. The molecule has 5 nitrogen and oxygen atoms in total. The van der Waals surface area contributed by atoms with E-state index in [1.807, 2.05) is 13.8 Å². The first kappa shape index (κ1) is 23.8. The standard InChI is InChI=1S/C23H29F3O5/c1-15(11-12-21-19(2,3)13-17(31-21)14-20(21,4)28)30-18(27)22(29-5,23(24,25)26)16-9-7-6-8-10-16/h6-12,15,17,28H,13-14H2,1-5H3/b12-11+/t15-,17+,20-,21-,22-/m1/s1. The summed E-state index contributed by atoms with van der Waals surface area (Å²) in [7, 11) is 0.825. The largest absolute Gasteiger partial charge is 0.456 e. The van der Waals surface area contributed by atoms with Gasteiger partial charge in [-0.15, -0.1) is 0 Å². The van der Waals surface area contributed by atoms with Gasteiger partial charge in [0.1, 0.15) is 11.7 Å². The van der Waals surface area contributed by atoms with E-state index < -0.39 is 40.5 Å². The van der Waals surface area contributed by atoms with Crippen molar-refractivity contribution in [2.75, 3.05) is 7.11 Å². The number of rotatable bonds is 6. The molecule has 0 spiro atoms. The molecule has 2 fully saturated rings. The summed E-state index contributed by atoms with van der Waals surface area (Å²) in [4.78, 5) is 12.8. The minimum atomic E-state index is -5.04. The zero-order valence-electron chi connectivity index (χ0n) is 18.3. The molecule has 2 aliphatic rings. The summed E-state index contributed by atoms with van der Waals surface area (Å²) in [5, 5.41) is 10.9. The Morgan fingerprint density at radius 1 is 1.23 bits per heavy atom. The van der Waals surface area contributed by atoms with E-state index in [0.29, 0.717) is 6.42 Å². The van der Waals surface area contributed by atoms with E-state index in [-0.39, 0.29) is 11.7 Å². The van der Waals surface area contributed by atoms with Crippen molar-refractivity contribution in [1.82, 2.24) is 0 Å². The van der Waals surface area contributed by atoms with Gasteiger partial charge < -0.3 is 19.3 Å². The highest BCUT2D eigenvalue weighted by Crippen LogP contribution is 2.60. The lowest BCUT2D eigenvalue weighted by molar-refractivity contribution is -0.277. The Labute approximate surface area is 180 Å². The first-order valence-corrected chi connectivity index (χ1v) is 10.2. The summed E-state index contributed by atoms with van der Waals surface area (Å²) < 4.78 is 58.1. The number of benzene rings is 1. The molecule has 2 aliphatic heterocycles. The fourth-order valence-electron chi connectivity index (χ4n) is 5.14. The van der Waals surface area contributed by atoms with E-state index in [2.05, 4.69) is 0 Å². The van der Waals surface area contributed by atoms with Gasteiger partial charge in [-0.25, -0.2) is 4.79 Å². The van der Waals surface area contributed by atoms with Crippen molar-refractivity contribution >= 4 is 5.97 Å². The van der Waals surface area contributed by atoms with E-state index in [1.54, 1.807) is 19.1 Å². The Kier molecular flexibility index (Phi) is 5.83. The van der Waals surface area contributed by atoms with E-state index in [4.69, 9.17) is 14.2 Å². The van der Waals surface area contributed by atoms with E-state index in [9.17, 15) is 23.1 Å². The summed E-state index contributed by atoms with van der Waals surface area (Å²) in [6.07, 6.45) is -1.86. The van der Waals surface area contributed by atoms with Crippen LogP contribution in [-0.4, -0.2) is 47.8 Å². The number of halogens is 3. The van der Waals surface area contributed by atoms with Gasteiger partial charge in [-0.3, -0.25) is 0 Å². The molecule has 0 unspecified atom stereocenters. The topological polar surface area (TPSA) is 65.0 Å². The lowest BCUT2D eigenvalue weighted by Crippen LogP contribution is -2.57. The van der Waals surface area contributed by atoms with Crippen molar-refractivity contribution in [2.45, 2.75) is 75.7 Å². The zero-order chi connectivity index (χ0) is 23.3. The average Bonchev–Trinajstić information content (AvgIpc) is 3.05. The van der Waals surface area contributed by atoms with Crippen molar-refractivity contribution in [1.29, 1.82) is 0 Å². The molecule has 2 bridgehead atoms. The highest BCUT2D eigenvalue weighted by atomic mass is 19.4. The highest BCUT2D eigenvalue weighted by Gasteiger charge is 2.68. The fourth-order valence-corrected chi connectivity index (χ4v) is 5.14. The second-order valence-corrected chi connectivity index (χ2v) is 9.26. The number of aliphatic hydroxyl groups is 1. The van der Waals surface area contributed by atoms with Gasteiger partial charge in [0.15, 0.2) is 0 Å². The monoisotopic (exact) mass is 442 g/mol. The number of hydrogen-bond acceptors (Lipinski definition) is 5. The number of alkyl halides is 3. The second kappa shape index (κ2) is 7.60. The molecule has 0 aliphatic carbocycles. The predicted molar refractivity (Wildman–Crippen MR) is 107 cm³/mol. The molecule has 1 N–H and O–H groups in total. The molecule has 8 heteroatoms. The maximum atomic E-state index is 14.0. The molecule has 0 saturated carbocycles. The third kappa shape index (κ3) is 3.58. The zero-order valence-corrected chi connectivity index (χ0v) is 18.3. The lowest BCUT2D eigenvalue weighted by Gasteiger charge is -2.46. The molecule has 172 valence electrons. The summed E-state index contributed by atoms with van der Waals surface area (Å²) in [5.74, 6) is -1.56. The molecule has 0 aromatic heterocycles. The molecular formula is C23H29F3O5. The minimum absolute atomic E-state index is 0.100. The van der Waals surface area contributed by atoms with Gasteiger partial charge in [-0.05, 0) is 32.4 Å². The number of hydrogen-bond donors (Lipinski definition) is 1. The highest BCUT2D eigenvalue weighted by molar-refractivity contribution is 5.83. The van der Waals surface area contributed by atoms with E-state index in [1.165, 1.54) is 37.3 Å². The van der Waals surface area contributed by atoms with Gasteiger partial charge in [0.25, 0.3) is 5.60 Å². The predicted octanol–water partition coefficient (Wildman–Crippen LogP) is 4.29. The molecule has 2 saturated heterocycles. The molecule has 5 atom stereocenters. The van der Waals surface area contributed by atoms with Gasteiger partial charge >= 0.3 is 12.1 Å². The van der Waals surface area contributed by atoms with Crippen molar-refractivity contribution < 1.29 is 37.3 Å². The molecule has 0 amide bonds. The van der Waals surface area contributed by atoms with Gasteiger partial charge in [-0.1, -0.05) is 44.2 Å². The van der Waals surface area contributed by atoms with E-state index >= 15 is 0 Å². The summed E-state index contributed by atoms with van der Waals surface area (Å²) in [5.41, 5.74) is -6.18. The third-order valence-corrected chi connectivity index (χ3v) is 6.59. The van der Waals surface area contributed by atoms with Crippen LogP contribution in [0.1, 0.15) is 46.1 Å². The Bertz CT molecular complexity index is 829. The van der Waals surface area contributed by atoms with Crippen LogP contribution >= 0.6 is 0 Å². The lowest BCUT2D eigenvalue weighted by atomic mass is 9.61. The van der Waals surface area contributed by atoms with Gasteiger partial charge in [0, 0.05) is 24.5 Å². The number of esters is 1. The molecule has 3 rings (SSSR count). The third-order valence-electron chi connectivity index (χ3n) is 6.59. The maximum absolute atomic E-state index is 14.0. The molecule has 31 heavy (non-hydrogen) atoms. The maximum Gasteiger partial charge on any atom is 0.432 e. The van der Waals surface area contributed by atoms with Gasteiger partial charge in [0.05, 0.1) is 11.7 Å². The van der Waals surface area contributed by atoms with Crippen molar-refractivity contribution in [3.8, 4) is 0 Å². The van der Waals surface area contributed by atoms with Crippen LogP contribution in [0, 0.1) is 5.41 Å². The summed E-state index contributed by atoms with van der Waals surface area (Å²) in [6, 6.07) is 6.66. The van der Waals surface area contributed by atoms with Crippen LogP contribution in [0.15, 0.2) is 42.5 Å². The molecule has 1 aromatic carbocycles. The van der Waals surface area contributed by atoms with Crippen LogP contribution in [0.3, 0.4) is 0 Å². The van der Waals surface area contributed by atoms with Crippen molar-refractivity contribution in [3.05, 3.63) is 48.0 Å². The Balaban J connectivity index is 1.87. The van der Waals surface area contributed by atoms with Crippen LogP contribution in [0.5, 0.6) is 0 Å². The molecule has 0 radical (unpaired) electrons. The Morgan fingerprint density at radius 2 is 1.84 bits per heavy atom. The van der Waals surface area contributed by atoms with Crippen molar-refractivity contribution in [2.24, 2.45) is 5.41 Å². The van der Waals surface area contributed by atoms with Crippen LogP contribution in [0.4, 0.5) is 13.2 Å². The first-order valence-electron chi connectivity index (χ1n) is 10.2. The quantitative estimate of drug-likeness (QED) is 0.526. The SMILES string of the molecule is CO[C@@](C(=O)O[C@H](C)/C=C/[C@@]12O[C@@H](CC1(C)C)C[C@@]2(C)O)(c1ccccc1)C(F)(F)F. The van der Waals surface area contributed by atoms with Crippen LogP contribution in [0.25, 0.3) is 0 Å². The van der Waals surface area contributed by atoms with Crippen molar-refractivity contribution in [3.63, 3.8) is 0 Å². The number of carbonyl (C=O) groups is 1. The summed E-state index contributed by atoms with van der Waals surface area (Å²) in [6.45, 7) is 7.08. The van der Waals surface area contributed by atoms with Gasteiger partial charge in [-0.2, -0.15) is 13.2 Å². The van der Waals surface area contributed by atoms with E-state index in [0.717, 1.165) is 13.5 Å². The smallest absolute Gasteiger partial charge is 0.432 e. The average molecular weight is 442 g/mol. The fraction of sp³-hybridized carbons (Fsp3) is 0.609. The van der Waals surface area contributed by atoms with Crippen LogP contribution < -0.4 is 0 Å². The summed E-state index contributed by atoms with van der Waals surface area (Å²) >= 11 is 0. The molecule has 1 aromatic rings. The Hall–Kier alpha value is -1.90. The normalized spacial score (nSPS) is 32.7. The Morgan fingerprint density at radius 3 is 2.32 bits per heavy atom. The van der Waals surface area contributed by atoms with Crippen LogP contribution in [0.2, 0.25) is 0 Å². The number of methoxy groups -OCH3 is 1. The first-order chi connectivity index (χ1) is 14.2. The molecular weight excluding hydrogens is 413 g/mol.